The van der Waals surface area contributed by atoms with Gasteiger partial charge < -0.3 is 4.40 Å². The Labute approximate surface area is 125 Å². The van der Waals surface area contributed by atoms with Crippen molar-refractivity contribution in [1.82, 2.24) is 19.6 Å². The van der Waals surface area contributed by atoms with Crippen LogP contribution in [0.25, 0.3) is 28.2 Å². The summed E-state index contributed by atoms with van der Waals surface area (Å²) in [5.74, 6) is 0. The van der Waals surface area contributed by atoms with E-state index < -0.39 is 0 Å². The molecule has 0 saturated heterocycles. The number of nitrogens with zero attached hydrogens (tertiary/aromatic N) is 3. The van der Waals surface area contributed by atoms with E-state index in [0.29, 0.717) is 16.9 Å². The molecule has 0 fully saturated rings. The molecule has 3 heterocycles. The Morgan fingerprint density at radius 2 is 1.82 bits per heavy atom. The Kier molecular flexibility index (Phi) is 2.83. The topological polar surface area (TPSA) is 63.1 Å². The summed E-state index contributed by atoms with van der Waals surface area (Å²) < 4.78 is 1.82. The first kappa shape index (κ1) is 12.5. The lowest BCUT2D eigenvalue weighted by atomic mass is 10.1. The standard InChI is InChI=1S/C17H12N4O/c22-17-13(11-21-9-5-4-8-16(21)18-17)15-10-14(19-20-15)12-6-2-1-3-7-12/h1-11H,(H,19,20). The number of H-pyrrole nitrogens is 1. The van der Waals surface area contributed by atoms with E-state index in [2.05, 4.69) is 15.2 Å². The maximum atomic E-state index is 12.2. The lowest BCUT2D eigenvalue weighted by Crippen LogP contribution is -2.12. The van der Waals surface area contributed by atoms with E-state index in [1.807, 2.05) is 59.1 Å². The van der Waals surface area contributed by atoms with Crippen LogP contribution in [0.4, 0.5) is 0 Å². The number of hydrogen-bond acceptors (Lipinski definition) is 3. The molecule has 22 heavy (non-hydrogen) atoms. The molecular weight excluding hydrogens is 276 g/mol. The largest absolute Gasteiger partial charge is 0.308 e. The molecule has 0 saturated carbocycles. The third-order valence-corrected chi connectivity index (χ3v) is 3.52. The van der Waals surface area contributed by atoms with Crippen molar-refractivity contribution in [3.63, 3.8) is 0 Å². The second-order valence-corrected chi connectivity index (χ2v) is 4.96. The van der Waals surface area contributed by atoms with Gasteiger partial charge in [-0.1, -0.05) is 36.4 Å². The number of pyridine rings is 1. The van der Waals surface area contributed by atoms with Gasteiger partial charge in [0, 0.05) is 18.0 Å². The normalized spacial score (nSPS) is 10.9. The summed E-state index contributed by atoms with van der Waals surface area (Å²) in [4.78, 5) is 16.3. The second kappa shape index (κ2) is 4.96. The molecule has 0 unspecified atom stereocenters. The number of aromatic nitrogens is 4. The molecule has 0 aliphatic rings. The fourth-order valence-corrected chi connectivity index (χ4v) is 2.41. The minimum absolute atomic E-state index is 0.269. The molecule has 106 valence electrons. The molecule has 5 heteroatoms. The van der Waals surface area contributed by atoms with E-state index in [9.17, 15) is 4.79 Å². The smallest absolute Gasteiger partial charge is 0.282 e. The van der Waals surface area contributed by atoms with Crippen molar-refractivity contribution in [2.24, 2.45) is 0 Å². The van der Waals surface area contributed by atoms with Gasteiger partial charge in [0.25, 0.3) is 5.56 Å². The number of hydrogen-bond donors (Lipinski definition) is 1. The van der Waals surface area contributed by atoms with Crippen molar-refractivity contribution < 1.29 is 0 Å². The summed E-state index contributed by atoms with van der Waals surface area (Å²) in [6, 6.07) is 17.2. The van der Waals surface area contributed by atoms with E-state index in [1.165, 1.54) is 0 Å². The summed E-state index contributed by atoms with van der Waals surface area (Å²) in [5, 5.41) is 7.21. The van der Waals surface area contributed by atoms with Crippen LogP contribution in [-0.4, -0.2) is 19.6 Å². The van der Waals surface area contributed by atoms with Gasteiger partial charge in [0.1, 0.15) is 5.65 Å². The SMILES string of the molecule is O=c1nc2ccccn2cc1-c1cc(-c2ccccc2)n[nH]1. The molecule has 0 spiro atoms. The summed E-state index contributed by atoms with van der Waals surface area (Å²) in [7, 11) is 0. The maximum absolute atomic E-state index is 12.2. The van der Waals surface area contributed by atoms with Crippen LogP contribution in [0.1, 0.15) is 0 Å². The Bertz CT molecular complexity index is 1000. The van der Waals surface area contributed by atoms with E-state index in [0.717, 1.165) is 11.3 Å². The van der Waals surface area contributed by atoms with E-state index in [4.69, 9.17) is 0 Å². The maximum Gasteiger partial charge on any atom is 0.282 e. The summed E-state index contributed by atoms with van der Waals surface area (Å²) >= 11 is 0. The van der Waals surface area contributed by atoms with Gasteiger partial charge in [-0.3, -0.25) is 9.89 Å². The molecule has 4 rings (SSSR count). The van der Waals surface area contributed by atoms with Crippen LogP contribution < -0.4 is 5.56 Å². The zero-order chi connectivity index (χ0) is 14.9. The van der Waals surface area contributed by atoms with Crippen LogP contribution in [0.3, 0.4) is 0 Å². The highest BCUT2D eigenvalue weighted by Gasteiger charge is 2.10. The lowest BCUT2D eigenvalue weighted by molar-refractivity contribution is 1.05. The Balaban J connectivity index is 1.84. The van der Waals surface area contributed by atoms with Gasteiger partial charge in [0.2, 0.25) is 0 Å². The van der Waals surface area contributed by atoms with Gasteiger partial charge in [0.15, 0.2) is 0 Å². The Morgan fingerprint density at radius 1 is 1.00 bits per heavy atom. The van der Waals surface area contributed by atoms with Gasteiger partial charge in [-0.2, -0.15) is 10.1 Å². The summed E-state index contributed by atoms with van der Waals surface area (Å²) in [6.45, 7) is 0. The first-order valence-electron chi connectivity index (χ1n) is 6.90. The Morgan fingerprint density at radius 3 is 2.68 bits per heavy atom. The van der Waals surface area contributed by atoms with Crippen LogP contribution in [0.5, 0.6) is 0 Å². The second-order valence-electron chi connectivity index (χ2n) is 4.96. The predicted octanol–water partition coefficient (Wildman–Crippen LogP) is 2.75. The third-order valence-electron chi connectivity index (χ3n) is 3.52. The molecule has 0 amide bonds. The molecule has 0 aliphatic carbocycles. The van der Waals surface area contributed by atoms with Crippen molar-refractivity contribution in [2.45, 2.75) is 0 Å². The molecule has 5 nitrogen and oxygen atoms in total. The van der Waals surface area contributed by atoms with Crippen LogP contribution in [-0.2, 0) is 0 Å². The highest BCUT2D eigenvalue weighted by atomic mass is 16.1. The fraction of sp³-hybridized carbons (Fsp3) is 0. The molecule has 1 N–H and O–H groups in total. The molecule has 0 bridgehead atoms. The van der Waals surface area contributed by atoms with Gasteiger partial charge in [0.05, 0.1) is 17.0 Å². The molecule has 3 aromatic heterocycles. The highest BCUT2D eigenvalue weighted by Crippen LogP contribution is 2.21. The average Bonchev–Trinajstić information content (AvgIpc) is 3.05. The monoisotopic (exact) mass is 288 g/mol. The number of fused-ring (bicyclic) bond motifs is 1. The average molecular weight is 288 g/mol. The van der Waals surface area contributed by atoms with Crippen molar-refractivity contribution >= 4 is 5.65 Å². The number of benzene rings is 1. The van der Waals surface area contributed by atoms with Gasteiger partial charge in [-0.15, -0.1) is 0 Å². The molecule has 1 aromatic carbocycles. The van der Waals surface area contributed by atoms with Crippen LogP contribution in [0.2, 0.25) is 0 Å². The minimum Gasteiger partial charge on any atom is -0.308 e. The minimum atomic E-state index is -0.269. The number of rotatable bonds is 2. The quantitative estimate of drug-likeness (QED) is 0.617. The van der Waals surface area contributed by atoms with Gasteiger partial charge in [-0.25, -0.2) is 0 Å². The summed E-state index contributed by atoms with van der Waals surface area (Å²) in [5.41, 5.74) is 3.31. The third kappa shape index (κ3) is 2.09. The van der Waals surface area contributed by atoms with Gasteiger partial charge in [-0.05, 0) is 18.2 Å². The molecule has 0 aliphatic heterocycles. The zero-order valence-electron chi connectivity index (χ0n) is 11.6. The lowest BCUT2D eigenvalue weighted by Gasteiger charge is -2.01. The summed E-state index contributed by atoms with van der Waals surface area (Å²) in [6.07, 6.45) is 3.63. The van der Waals surface area contributed by atoms with Crippen molar-refractivity contribution in [2.75, 3.05) is 0 Å². The fourth-order valence-electron chi connectivity index (χ4n) is 2.41. The van der Waals surface area contributed by atoms with Crippen molar-refractivity contribution in [3.8, 4) is 22.5 Å². The number of aromatic amines is 1. The molecular formula is C17H12N4O. The van der Waals surface area contributed by atoms with Crippen LogP contribution >= 0.6 is 0 Å². The van der Waals surface area contributed by atoms with Crippen molar-refractivity contribution in [1.29, 1.82) is 0 Å². The van der Waals surface area contributed by atoms with Crippen molar-refractivity contribution in [3.05, 3.63) is 77.3 Å². The zero-order valence-corrected chi connectivity index (χ0v) is 11.6. The van der Waals surface area contributed by atoms with E-state index >= 15 is 0 Å². The molecule has 0 radical (unpaired) electrons. The highest BCUT2D eigenvalue weighted by molar-refractivity contribution is 5.67. The first-order chi connectivity index (χ1) is 10.8. The van der Waals surface area contributed by atoms with E-state index in [-0.39, 0.29) is 5.56 Å². The van der Waals surface area contributed by atoms with Crippen LogP contribution in [0, 0.1) is 0 Å². The number of nitrogens with one attached hydrogen (secondary N) is 1. The first-order valence-corrected chi connectivity index (χ1v) is 6.90. The molecule has 4 aromatic rings. The van der Waals surface area contributed by atoms with Crippen LogP contribution in [0.15, 0.2) is 71.8 Å². The van der Waals surface area contributed by atoms with Gasteiger partial charge >= 0.3 is 0 Å². The Hall–Kier alpha value is -3.21. The van der Waals surface area contributed by atoms with E-state index in [1.54, 1.807) is 12.3 Å². The predicted molar refractivity (Wildman–Crippen MR) is 84.5 cm³/mol. The molecule has 0 atom stereocenters.